The first-order valence-corrected chi connectivity index (χ1v) is 9.93. The van der Waals surface area contributed by atoms with Gasteiger partial charge in [0.2, 0.25) is 5.91 Å². The summed E-state index contributed by atoms with van der Waals surface area (Å²) in [4.78, 5) is 16.9. The number of likely N-dealkylation sites (tertiary alicyclic amines) is 1. The lowest BCUT2D eigenvalue weighted by atomic mass is 10.0. The zero-order valence-electron chi connectivity index (χ0n) is 15.0. The number of hydrogen-bond acceptors (Lipinski definition) is 4. The van der Waals surface area contributed by atoms with Crippen LogP contribution in [0.4, 0.5) is 0 Å². The molecule has 1 fully saturated rings. The molecule has 0 bridgehead atoms. The number of rotatable bonds is 7. The van der Waals surface area contributed by atoms with Crippen LogP contribution >= 0.6 is 23.7 Å². The van der Waals surface area contributed by atoms with Gasteiger partial charge in [-0.1, -0.05) is 36.8 Å². The van der Waals surface area contributed by atoms with Crippen molar-refractivity contribution in [2.75, 3.05) is 19.6 Å². The average molecular weight is 394 g/mol. The smallest absolute Gasteiger partial charge is 0.221 e. The van der Waals surface area contributed by atoms with E-state index in [-0.39, 0.29) is 18.3 Å². The van der Waals surface area contributed by atoms with Gasteiger partial charge >= 0.3 is 0 Å². The molecule has 4 nitrogen and oxygen atoms in total. The molecular formula is C20H28ClN3OS. The fourth-order valence-corrected chi connectivity index (χ4v) is 4.41. The van der Waals surface area contributed by atoms with Crippen molar-refractivity contribution < 1.29 is 4.79 Å². The molecule has 1 unspecified atom stereocenters. The summed E-state index contributed by atoms with van der Waals surface area (Å²) in [5, 5.41) is 3.04. The minimum Gasteiger partial charge on any atom is -0.354 e. The van der Waals surface area contributed by atoms with Crippen LogP contribution in [0.5, 0.6) is 0 Å². The summed E-state index contributed by atoms with van der Waals surface area (Å²) in [5.41, 5.74) is 6.73. The van der Waals surface area contributed by atoms with E-state index in [4.69, 9.17) is 5.73 Å². The first-order chi connectivity index (χ1) is 12.3. The van der Waals surface area contributed by atoms with E-state index in [1.54, 1.807) is 0 Å². The number of nitrogens with two attached hydrogens (primary N) is 1. The molecule has 1 aliphatic rings. The predicted molar refractivity (Wildman–Crippen MR) is 112 cm³/mol. The number of carbonyl (C=O) groups is 1. The van der Waals surface area contributed by atoms with Gasteiger partial charge in [-0.25, -0.2) is 0 Å². The molecule has 0 aliphatic carbocycles. The Balaban J connectivity index is 0.00000243. The number of carbonyl (C=O) groups excluding carboxylic acids is 1. The zero-order chi connectivity index (χ0) is 17.5. The number of nitrogens with one attached hydrogen (secondary N) is 1. The Hall–Kier alpha value is -1.40. The second-order valence-corrected chi connectivity index (χ2v) is 7.76. The molecule has 6 heteroatoms. The van der Waals surface area contributed by atoms with Gasteiger partial charge in [-0.3, -0.25) is 9.69 Å². The number of halogens is 1. The Kier molecular flexibility index (Phi) is 8.59. The van der Waals surface area contributed by atoms with E-state index >= 15 is 0 Å². The van der Waals surface area contributed by atoms with Crippen LogP contribution in [0.25, 0.3) is 10.4 Å². The van der Waals surface area contributed by atoms with E-state index in [0.29, 0.717) is 19.0 Å². The molecule has 1 amide bonds. The minimum atomic E-state index is 0. The number of thiophene rings is 1. The molecule has 1 atom stereocenters. The highest BCUT2D eigenvalue weighted by atomic mass is 35.5. The largest absolute Gasteiger partial charge is 0.354 e. The van der Waals surface area contributed by atoms with Gasteiger partial charge in [0.25, 0.3) is 0 Å². The maximum atomic E-state index is 11.7. The third-order valence-corrected chi connectivity index (χ3v) is 5.85. The van der Waals surface area contributed by atoms with Crippen molar-refractivity contribution in [2.45, 2.75) is 38.3 Å². The van der Waals surface area contributed by atoms with Gasteiger partial charge < -0.3 is 11.1 Å². The van der Waals surface area contributed by atoms with Gasteiger partial charge in [0.05, 0.1) is 0 Å². The molecule has 2 heterocycles. The molecule has 3 rings (SSSR count). The van der Waals surface area contributed by atoms with E-state index in [1.807, 2.05) is 11.3 Å². The Labute approximate surface area is 166 Å². The summed E-state index contributed by atoms with van der Waals surface area (Å²) in [6.45, 7) is 3.22. The fraction of sp³-hybridized carbons (Fsp3) is 0.450. The van der Waals surface area contributed by atoms with Crippen LogP contribution in [0.1, 0.15) is 30.6 Å². The third-order valence-electron chi connectivity index (χ3n) is 4.73. The van der Waals surface area contributed by atoms with Crippen molar-refractivity contribution in [3.05, 3.63) is 47.3 Å². The normalized spacial score (nSPS) is 17.5. The lowest BCUT2D eigenvalue weighted by Gasteiger charge is -2.35. The van der Waals surface area contributed by atoms with Crippen molar-refractivity contribution in [1.29, 1.82) is 0 Å². The maximum Gasteiger partial charge on any atom is 0.221 e. The van der Waals surface area contributed by atoms with E-state index < -0.39 is 0 Å². The molecule has 1 aromatic heterocycles. The summed E-state index contributed by atoms with van der Waals surface area (Å²) < 4.78 is 0. The molecule has 142 valence electrons. The quantitative estimate of drug-likeness (QED) is 0.754. The standard InChI is InChI=1S/C20H27N3OS.ClH/c21-12-11-20(24)22-14-17-8-4-5-13-23(17)15-18-9-10-19(25-18)16-6-2-1-3-7-16;/h1-3,6-7,9-10,17H,4-5,8,11-15,21H2,(H,22,24);1H. The van der Waals surface area contributed by atoms with Crippen molar-refractivity contribution >= 4 is 29.7 Å². The molecule has 0 radical (unpaired) electrons. The van der Waals surface area contributed by atoms with E-state index in [1.165, 1.54) is 28.2 Å². The SMILES string of the molecule is Cl.NCCC(=O)NCC1CCCCN1Cc1ccc(-c2ccccc2)s1. The maximum absolute atomic E-state index is 11.7. The van der Waals surface area contributed by atoms with Crippen molar-refractivity contribution in [2.24, 2.45) is 5.73 Å². The van der Waals surface area contributed by atoms with Gasteiger partial charge in [-0.05, 0) is 37.1 Å². The van der Waals surface area contributed by atoms with Crippen LogP contribution in [-0.2, 0) is 11.3 Å². The fourth-order valence-electron chi connectivity index (χ4n) is 3.37. The lowest BCUT2D eigenvalue weighted by Crippen LogP contribution is -2.46. The highest BCUT2D eigenvalue weighted by Gasteiger charge is 2.23. The minimum absolute atomic E-state index is 0. The molecule has 1 saturated heterocycles. The van der Waals surface area contributed by atoms with Gasteiger partial charge in [-0.2, -0.15) is 0 Å². The van der Waals surface area contributed by atoms with E-state index in [0.717, 1.165) is 26.1 Å². The molecule has 0 saturated carbocycles. The average Bonchev–Trinajstić information content (AvgIpc) is 3.11. The summed E-state index contributed by atoms with van der Waals surface area (Å²) in [5.74, 6) is 0.0653. The van der Waals surface area contributed by atoms with Crippen LogP contribution in [0, 0.1) is 0 Å². The number of hydrogen-bond donors (Lipinski definition) is 2. The lowest BCUT2D eigenvalue weighted by molar-refractivity contribution is -0.121. The van der Waals surface area contributed by atoms with Crippen LogP contribution in [0.3, 0.4) is 0 Å². The van der Waals surface area contributed by atoms with Crippen molar-refractivity contribution in [3.8, 4) is 10.4 Å². The van der Waals surface area contributed by atoms with Crippen molar-refractivity contribution in [1.82, 2.24) is 10.2 Å². The number of benzene rings is 1. The Morgan fingerprint density at radius 2 is 2.00 bits per heavy atom. The summed E-state index contributed by atoms with van der Waals surface area (Å²) in [6.07, 6.45) is 4.05. The second kappa shape index (κ2) is 10.7. The Morgan fingerprint density at radius 3 is 2.77 bits per heavy atom. The van der Waals surface area contributed by atoms with Crippen LogP contribution in [0.2, 0.25) is 0 Å². The highest BCUT2D eigenvalue weighted by molar-refractivity contribution is 7.15. The molecule has 0 spiro atoms. The van der Waals surface area contributed by atoms with Crippen molar-refractivity contribution in [3.63, 3.8) is 0 Å². The zero-order valence-corrected chi connectivity index (χ0v) is 16.7. The third kappa shape index (κ3) is 5.81. The molecule has 1 aliphatic heterocycles. The van der Waals surface area contributed by atoms with E-state index in [2.05, 4.69) is 52.7 Å². The Morgan fingerprint density at radius 1 is 1.19 bits per heavy atom. The first kappa shape index (κ1) is 20.9. The van der Waals surface area contributed by atoms with E-state index in [9.17, 15) is 4.79 Å². The topological polar surface area (TPSA) is 58.4 Å². The van der Waals surface area contributed by atoms with Gasteiger partial charge in [0.1, 0.15) is 0 Å². The molecule has 1 aromatic carbocycles. The predicted octanol–water partition coefficient (Wildman–Crippen LogP) is 3.66. The van der Waals surface area contributed by atoms with Crippen LogP contribution in [-0.4, -0.2) is 36.5 Å². The van der Waals surface area contributed by atoms with Gasteiger partial charge in [0, 0.05) is 41.9 Å². The van der Waals surface area contributed by atoms with Gasteiger partial charge in [-0.15, -0.1) is 23.7 Å². The number of nitrogens with zero attached hydrogens (tertiary/aromatic N) is 1. The molecule has 3 N–H and O–H groups in total. The molecule has 26 heavy (non-hydrogen) atoms. The Bertz CT molecular complexity index is 677. The highest BCUT2D eigenvalue weighted by Crippen LogP contribution is 2.30. The number of piperidine rings is 1. The second-order valence-electron chi connectivity index (χ2n) is 6.59. The molecular weight excluding hydrogens is 366 g/mol. The summed E-state index contributed by atoms with van der Waals surface area (Å²) >= 11 is 1.87. The number of amides is 1. The van der Waals surface area contributed by atoms with Crippen LogP contribution < -0.4 is 11.1 Å². The summed E-state index contributed by atoms with van der Waals surface area (Å²) in [7, 11) is 0. The first-order valence-electron chi connectivity index (χ1n) is 9.11. The van der Waals surface area contributed by atoms with Gasteiger partial charge in [0.15, 0.2) is 0 Å². The summed E-state index contributed by atoms with van der Waals surface area (Å²) in [6, 6.07) is 15.4. The monoisotopic (exact) mass is 393 g/mol. The molecule has 2 aromatic rings. The van der Waals surface area contributed by atoms with Crippen LogP contribution in [0.15, 0.2) is 42.5 Å².